The first-order valence-corrected chi connectivity index (χ1v) is 9.94. The monoisotopic (exact) mass is 444 g/mol. The zero-order valence-electron chi connectivity index (χ0n) is 17.0. The Morgan fingerprint density at radius 2 is 2.13 bits per heavy atom. The van der Waals surface area contributed by atoms with E-state index in [2.05, 4.69) is 30.8 Å². The van der Waals surface area contributed by atoms with Crippen LogP contribution in [0, 0.1) is 6.92 Å². The quantitative estimate of drug-likeness (QED) is 0.544. The fourth-order valence-corrected chi connectivity index (χ4v) is 3.43. The van der Waals surface area contributed by atoms with Gasteiger partial charge in [0.1, 0.15) is 18.2 Å². The van der Waals surface area contributed by atoms with Gasteiger partial charge in [-0.15, -0.1) is 10.2 Å². The molecule has 164 valence electrons. The SMILES string of the molecule is CCNC(=NCc1nnc(C)n1C)NC1CCN(c2ncc(C(F)(F)F)cc2Cl)C1. The van der Waals surface area contributed by atoms with Gasteiger partial charge in [-0.05, 0) is 26.3 Å². The molecule has 0 bridgehead atoms. The maximum Gasteiger partial charge on any atom is 0.417 e. The lowest BCUT2D eigenvalue weighted by Gasteiger charge is -2.21. The molecule has 1 fully saturated rings. The molecule has 12 heteroatoms. The number of rotatable bonds is 5. The van der Waals surface area contributed by atoms with Crippen molar-refractivity contribution in [1.82, 2.24) is 30.4 Å². The van der Waals surface area contributed by atoms with E-state index in [0.717, 1.165) is 30.3 Å². The number of nitrogens with one attached hydrogen (secondary N) is 2. The second-order valence-corrected chi connectivity index (χ2v) is 7.43. The highest BCUT2D eigenvalue weighted by Crippen LogP contribution is 2.34. The summed E-state index contributed by atoms with van der Waals surface area (Å²) in [4.78, 5) is 10.4. The Labute approximate surface area is 177 Å². The second kappa shape index (κ2) is 9.07. The molecule has 1 aliphatic heterocycles. The molecule has 1 aliphatic rings. The minimum atomic E-state index is -4.47. The second-order valence-electron chi connectivity index (χ2n) is 7.02. The molecular weight excluding hydrogens is 421 g/mol. The Kier molecular flexibility index (Phi) is 6.69. The first-order valence-electron chi connectivity index (χ1n) is 9.56. The molecule has 0 saturated carbocycles. The lowest BCUT2D eigenvalue weighted by Crippen LogP contribution is -2.44. The molecule has 2 aromatic rings. The maximum absolute atomic E-state index is 12.8. The molecule has 8 nitrogen and oxygen atoms in total. The molecule has 1 unspecified atom stereocenters. The largest absolute Gasteiger partial charge is 0.417 e. The Morgan fingerprint density at radius 3 is 2.73 bits per heavy atom. The normalized spacial score (nSPS) is 17.5. The van der Waals surface area contributed by atoms with Gasteiger partial charge in [0, 0.05) is 38.9 Å². The number of aliphatic imine (C=N–C) groups is 1. The Balaban J connectivity index is 1.65. The van der Waals surface area contributed by atoms with E-state index in [1.807, 2.05) is 30.4 Å². The third-order valence-electron chi connectivity index (χ3n) is 4.88. The highest BCUT2D eigenvalue weighted by Gasteiger charge is 2.33. The van der Waals surface area contributed by atoms with Gasteiger partial charge >= 0.3 is 6.18 Å². The summed E-state index contributed by atoms with van der Waals surface area (Å²) in [5.74, 6) is 2.55. The van der Waals surface area contributed by atoms with Gasteiger partial charge in [0.2, 0.25) is 0 Å². The van der Waals surface area contributed by atoms with Crippen molar-refractivity contribution < 1.29 is 13.2 Å². The van der Waals surface area contributed by atoms with Crippen molar-refractivity contribution in [3.05, 3.63) is 34.5 Å². The van der Waals surface area contributed by atoms with Gasteiger partial charge in [-0.25, -0.2) is 9.98 Å². The van der Waals surface area contributed by atoms with Crippen LogP contribution in [0.1, 0.15) is 30.6 Å². The minimum absolute atomic E-state index is 0.0105. The lowest BCUT2D eigenvalue weighted by molar-refractivity contribution is -0.137. The van der Waals surface area contributed by atoms with Crippen LogP contribution in [0.2, 0.25) is 5.02 Å². The number of hydrogen-bond donors (Lipinski definition) is 2. The zero-order valence-corrected chi connectivity index (χ0v) is 17.7. The number of alkyl halides is 3. The van der Waals surface area contributed by atoms with E-state index < -0.39 is 11.7 Å². The molecule has 3 heterocycles. The number of guanidine groups is 1. The molecule has 2 aromatic heterocycles. The molecule has 0 radical (unpaired) electrons. The Bertz CT molecular complexity index is 911. The standard InChI is InChI=1S/C18H24ClF3N8/c1-4-23-17(25-9-15-28-27-11(2)29(15)3)26-13-5-6-30(10-13)16-14(19)7-12(8-24-16)18(20,21)22/h7-8,13H,4-6,9-10H2,1-3H3,(H2,23,25,26). The van der Waals surface area contributed by atoms with Gasteiger partial charge < -0.3 is 20.1 Å². The first-order chi connectivity index (χ1) is 14.2. The van der Waals surface area contributed by atoms with Crippen LogP contribution in [-0.4, -0.2) is 51.4 Å². The van der Waals surface area contributed by atoms with Crippen molar-refractivity contribution in [2.45, 2.75) is 39.0 Å². The molecule has 1 atom stereocenters. The van der Waals surface area contributed by atoms with Crippen molar-refractivity contribution in [3.8, 4) is 0 Å². The molecule has 0 amide bonds. The maximum atomic E-state index is 12.8. The highest BCUT2D eigenvalue weighted by atomic mass is 35.5. The van der Waals surface area contributed by atoms with E-state index >= 15 is 0 Å². The van der Waals surface area contributed by atoms with Crippen LogP contribution in [0.15, 0.2) is 17.3 Å². The predicted octanol–water partition coefficient (Wildman–Crippen LogP) is 2.52. The molecule has 0 spiro atoms. The van der Waals surface area contributed by atoms with E-state index in [4.69, 9.17) is 11.6 Å². The fraction of sp³-hybridized carbons (Fsp3) is 0.556. The van der Waals surface area contributed by atoms with Crippen molar-refractivity contribution in [2.24, 2.45) is 12.0 Å². The number of aromatic nitrogens is 4. The third-order valence-corrected chi connectivity index (χ3v) is 5.16. The molecule has 0 aliphatic carbocycles. The van der Waals surface area contributed by atoms with Crippen LogP contribution in [0.5, 0.6) is 0 Å². The summed E-state index contributed by atoms with van der Waals surface area (Å²) in [6, 6.07) is 0.961. The lowest BCUT2D eigenvalue weighted by atomic mass is 10.2. The molecular formula is C18H24ClF3N8. The molecule has 30 heavy (non-hydrogen) atoms. The number of aryl methyl sites for hydroxylation is 1. The van der Waals surface area contributed by atoms with Crippen LogP contribution in [0.3, 0.4) is 0 Å². The van der Waals surface area contributed by atoms with E-state index in [9.17, 15) is 13.2 Å². The van der Waals surface area contributed by atoms with Gasteiger partial charge in [-0.1, -0.05) is 11.6 Å². The highest BCUT2D eigenvalue weighted by molar-refractivity contribution is 6.33. The predicted molar refractivity (Wildman–Crippen MR) is 109 cm³/mol. The zero-order chi connectivity index (χ0) is 21.9. The van der Waals surface area contributed by atoms with E-state index in [-0.39, 0.29) is 11.1 Å². The van der Waals surface area contributed by atoms with Gasteiger partial charge in [0.25, 0.3) is 0 Å². The topological polar surface area (TPSA) is 83.3 Å². The molecule has 0 aromatic carbocycles. The number of anilines is 1. The smallest absolute Gasteiger partial charge is 0.357 e. The summed E-state index contributed by atoms with van der Waals surface area (Å²) < 4.78 is 40.3. The van der Waals surface area contributed by atoms with Crippen molar-refractivity contribution in [1.29, 1.82) is 0 Å². The van der Waals surface area contributed by atoms with E-state index in [1.165, 1.54) is 0 Å². The number of nitrogens with zero attached hydrogens (tertiary/aromatic N) is 6. The third kappa shape index (κ3) is 5.13. The minimum Gasteiger partial charge on any atom is -0.357 e. The summed E-state index contributed by atoms with van der Waals surface area (Å²) in [5, 5.41) is 14.7. The molecule has 2 N–H and O–H groups in total. The Hall–Kier alpha value is -2.56. The van der Waals surface area contributed by atoms with Gasteiger partial charge in [0.15, 0.2) is 11.8 Å². The van der Waals surface area contributed by atoms with Crippen molar-refractivity contribution in [3.63, 3.8) is 0 Å². The molecule has 1 saturated heterocycles. The van der Waals surface area contributed by atoms with E-state index in [1.54, 1.807) is 0 Å². The van der Waals surface area contributed by atoms with Crippen LogP contribution in [0.25, 0.3) is 0 Å². The van der Waals surface area contributed by atoms with Crippen LogP contribution >= 0.6 is 11.6 Å². The summed E-state index contributed by atoms with van der Waals surface area (Å²) in [6.07, 6.45) is -2.88. The summed E-state index contributed by atoms with van der Waals surface area (Å²) in [5.41, 5.74) is -0.856. The van der Waals surface area contributed by atoms with Crippen LogP contribution < -0.4 is 15.5 Å². The average Bonchev–Trinajstić information content (AvgIpc) is 3.26. The Morgan fingerprint density at radius 1 is 1.37 bits per heavy atom. The molecule has 3 rings (SSSR count). The first kappa shape index (κ1) is 22.1. The number of halogens is 4. The van der Waals surface area contributed by atoms with Crippen molar-refractivity contribution >= 4 is 23.4 Å². The summed E-state index contributed by atoms with van der Waals surface area (Å²) >= 11 is 6.08. The van der Waals surface area contributed by atoms with Gasteiger partial charge in [-0.3, -0.25) is 0 Å². The van der Waals surface area contributed by atoms with Crippen molar-refractivity contribution in [2.75, 3.05) is 24.5 Å². The van der Waals surface area contributed by atoms with E-state index in [0.29, 0.717) is 38.0 Å². The fourth-order valence-electron chi connectivity index (χ4n) is 3.14. The van der Waals surface area contributed by atoms with Gasteiger partial charge in [-0.2, -0.15) is 13.2 Å². The summed E-state index contributed by atoms with van der Waals surface area (Å²) in [6.45, 7) is 6.07. The number of hydrogen-bond acceptors (Lipinski definition) is 5. The number of pyridine rings is 1. The summed E-state index contributed by atoms with van der Waals surface area (Å²) in [7, 11) is 1.89. The van der Waals surface area contributed by atoms with Gasteiger partial charge in [0.05, 0.1) is 10.6 Å². The van der Waals surface area contributed by atoms with Crippen LogP contribution in [-0.2, 0) is 19.8 Å². The van der Waals surface area contributed by atoms with Crippen LogP contribution in [0.4, 0.5) is 19.0 Å². The average molecular weight is 445 g/mol.